The Morgan fingerprint density at radius 1 is 1.19 bits per heavy atom. The van der Waals surface area contributed by atoms with E-state index in [2.05, 4.69) is 9.44 Å². The Morgan fingerprint density at radius 2 is 1.88 bits per heavy atom. The second kappa shape index (κ2) is 6.02. The van der Waals surface area contributed by atoms with E-state index in [1.807, 2.05) is 0 Å². The van der Waals surface area contributed by atoms with Crippen LogP contribution in [0.5, 0.6) is 0 Å². The van der Waals surface area contributed by atoms with Gasteiger partial charge in [-0.2, -0.15) is 8.42 Å². The number of rotatable bonds is 6. The van der Waals surface area contributed by atoms with Crippen LogP contribution in [0.1, 0.15) is 12.8 Å². The van der Waals surface area contributed by atoms with Crippen molar-refractivity contribution in [3.63, 3.8) is 0 Å². The first-order chi connectivity index (χ1) is 7.67. The summed E-state index contributed by atoms with van der Waals surface area (Å²) in [4.78, 5) is 10.0. The van der Waals surface area contributed by atoms with Gasteiger partial charge in [-0.25, -0.2) is 0 Å². The summed E-state index contributed by atoms with van der Waals surface area (Å²) in [7, 11) is -3.83. The van der Waals surface area contributed by atoms with Crippen molar-refractivity contribution in [3.05, 3.63) is 30.3 Å². The van der Waals surface area contributed by atoms with Crippen molar-refractivity contribution in [1.29, 1.82) is 0 Å². The fourth-order valence-electron chi connectivity index (χ4n) is 0.913. The lowest BCUT2D eigenvalue weighted by Gasteiger charge is -1.99. The Morgan fingerprint density at radius 3 is 2.50 bits per heavy atom. The lowest BCUT2D eigenvalue weighted by Crippen LogP contribution is -2.02. The molecule has 0 aliphatic carbocycles. The molecule has 0 fully saturated rings. The van der Waals surface area contributed by atoms with Gasteiger partial charge in [-0.3, -0.25) is 4.28 Å². The van der Waals surface area contributed by atoms with Gasteiger partial charge in [-0.05, 0) is 18.6 Å². The summed E-state index contributed by atoms with van der Waals surface area (Å²) in [6.45, 7) is 0. The minimum atomic E-state index is -3.83. The van der Waals surface area contributed by atoms with Gasteiger partial charge in [0, 0.05) is 12.6 Å². The third-order valence-electron chi connectivity index (χ3n) is 1.66. The Hall–Kier alpha value is -1.69. The van der Waals surface area contributed by atoms with E-state index in [1.54, 1.807) is 18.2 Å². The van der Waals surface area contributed by atoms with Crippen molar-refractivity contribution in [2.24, 2.45) is 5.16 Å². The maximum Gasteiger partial charge on any atom is 0.358 e. The van der Waals surface area contributed by atoms with Gasteiger partial charge in [-0.1, -0.05) is 23.4 Å². The van der Waals surface area contributed by atoms with Crippen LogP contribution < -0.4 is 0 Å². The standard InChI is InChI=1S/C10H11NO4S/c12-9-5-4-8-11-15-16(13,14)10-6-2-1-3-7-10/h1-3,6-9H,4-5H2. The van der Waals surface area contributed by atoms with Crippen LogP contribution in [0.4, 0.5) is 0 Å². The zero-order valence-corrected chi connectivity index (χ0v) is 9.26. The molecule has 0 spiro atoms. The lowest BCUT2D eigenvalue weighted by atomic mass is 10.4. The zero-order chi connectivity index (χ0) is 11.9. The van der Waals surface area contributed by atoms with Gasteiger partial charge in [-0.15, -0.1) is 0 Å². The molecule has 1 aromatic rings. The van der Waals surface area contributed by atoms with Gasteiger partial charge >= 0.3 is 10.1 Å². The number of aldehydes is 1. The fraction of sp³-hybridized carbons (Fsp3) is 0.200. The first-order valence-electron chi connectivity index (χ1n) is 4.61. The number of hydrogen-bond acceptors (Lipinski definition) is 5. The molecule has 86 valence electrons. The number of oxime groups is 1. The van der Waals surface area contributed by atoms with Crippen molar-refractivity contribution in [3.8, 4) is 0 Å². The summed E-state index contributed by atoms with van der Waals surface area (Å²) < 4.78 is 27.3. The van der Waals surface area contributed by atoms with Crippen LogP contribution in [-0.2, 0) is 19.2 Å². The van der Waals surface area contributed by atoms with E-state index in [-0.39, 0.29) is 11.3 Å². The van der Waals surface area contributed by atoms with Crippen molar-refractivity contribution >= 4 is 22.6 Å². The van der Waals surface area contributed by atoms with E-state index in [0.29, 0.717) is 6.42 Å². The number of hydrogen-bond donors (Lipinski definition) is 0. The molecule has 0 aliphatic rings. The first kappa shape index (κ1) is 12.4. The molecule has 0 amide bonds. The normalized spacial score (nSPS) is 11.5. The highest BCUT2D eigenvalue weighted by Crippen LogP contribution is 2.11. The molecule has 1 aromatic carbocycles. The first-order valence-corrected chi connectivity index (χ1v) is 6.02. The van der Waals surface area contributed by atoms with Gasteiger partial charge < -0.3 is 4.79 Å². The Labute approximate surface area is 93.9 Å². The highest BCUT2D eigenvalue weighted by molar-refractivity contribution is 7.86. The fourth-order valence-corrected chi connectivity index (χ4v) is 1.66. The maximum absolute atomic E-state index is 11.5. The third kappa shape index (κ3) is 3.82. The molecule has 0 aliphatic heterocycles. The second-order valence-corrected chi connectivity index (χ2v) is 4.40. The summed E-state index contributed by atoms with van der Waals surface area (Å²) >= 11 is 0. The van der Waals surface area contributed by atoms with Crippen LogP contribution in [0.3, 0.4) is 0 Å². The highest BCUT2D eigenvalue weighted by Gasteiger charge is 2.13. The molecule has 0 N–H and O–H groups in total. The van der Waals surface area contributed by atoms with E-state index in [4.69, 9.17) is 0 Å². The Balaban J connectivity index is 2.60. The monoisotopic (exact) mass is 241 g/mol. The van der Waals surface area contributed by atoms with Crippen LogP contribution in [0.15, 0.2) is 40.4 Å². The van der Waals surface area contributed by atoms with E-state index in [0.717, 1.165) is 6.29 Å². The average molecular weight is 241 g/mol. The summed E-state index contributed by atoms with van der Waals surface area (Å²) in [5, 5.41) is 3.29. The van der Waals surface area contributed by atoms with Crippen molar-refractivity contribution in [2.75, 3.05) is 0 Å². The summed E-state index contributed by atoms with van der Waals surface area (Å²) in [5.41, 5.74) is 0. The number of carbonyl (C=O) groups is 1. The molecule has 16 heavy (non-hydrogen) atoms. The van der Waals surface area contributed by atoms with Gasteiger partial charge in [0.1, 0.15) is 11.2 Å². The summed E-state index contributed by atoms with van der Waals surface area (Å²) in [5.74, 6) is 0. The topological polar surface area (TPSA) is 72.8 Å². The molecule has 5 nitrogen and oxygen atoms in total. The molecule has 0 saturated heterocycles. The molecule has 1 rings (SSSR count). The molecule has 0 unspecified atom stereocenters. The largest absolute Gasteiger partial charge is 0.358 e. The van der Waals surface area contributed by atoms with Gasteiger partial charge in [0.05, 0.1) is 0 Å². The maximum atomic E-state index is 11.5. The van der Waals surface area contributed by atoms with Crippen LogP contribution in [0.25, 0.3) is 0 Å². The van der Waals surface area contributed by atoms with Gasteiger partial charge in [0.2, 0.25) is 0 Å². The molecule has 0 aromatic heterocycles. The van der Waals surface area contributed by atoms with Gasteiger partial charge in [0.15, 0.2) is 0 Å². The summed E-state index contributed by atoms with van der Waals surface area (Å²) in [6, 6.07) is 7.71. The third-order valence-corrected chi connectivity index (χ3v) is 2.79. The second-order valence-electron chi connectivity index (χ2n) is 2.87. The van der Waals surface area contributed by atoms with Crippen molar-refractivity contribution in [2.45, 2.75) is 17.7 Å². The van der Waals surface area contributed by atoms with Crippen LogP contribution >= 0.6 is 0 Å². The van der Waals surface area contributed by atoms with E-state index in [1.165, 1.54) is 18.3 Å². The minimum absolute atomic E-state index is 0.0440. The molecule has 6 heteroatoms. The molecule has 0 heterocycles. The molecule has 0 radical (unpaired) electrons. The van der Waals surface area contributed by atoms with Crippen molar-refractivity contribution in [1.82, 2.24) is 0 Å². The van der Waals surface area contributed by atoms with Gasteiger partial charge in [0.25, 0.3) is 0 Å². The summed E-state index contributed by atoms with van der Waals surface area (Å²) in [6.07, 6.45) is 2.61. The quantitative estimate of drug-likeness (QED) is 0.326. The number of benzene rings is 1. The smallest absolute Gasteiger partial charge is 0.303 e. The molecule has 0 saturated carbocycles. The predicted molar refractivity (Wildman–Crippen MR) is 58.5 cm³/mol. The Kier molecular flexibility index (Phi) is 4.65. The molecule has 0 bridgehead atoms. The van der Waals surface area contributed by atoms with Crippen LogP contribution in [0, 0.1) is 0 Å². The van der Waals surface area contributed by atoms with Crippen LogP contribution in [0.2, 0.25) is 0 Å². The molecular weight excluding hydrogens is 230 g/mol. The Bertz CT molecular complexity index is 453. The predicted octanol–water partition coefficient (Wildman–Crippen LogP) is 1.36. The van der Waals surface area contributed by atoms with Crippen molar-refractivity contribution < 1.29 is 17.5 Å². The van der Waals surface area contributed by atoms with E-state index in [9.17, 15) is 13.2 Å². The highest BCUT2D eigenvalue weighted by atomic mass is 32.2. The molecule has 0 atom stereocenters. The number of nitrogens with zero attached hydrogens (tertiary/aromatic N) is 1. The van der Waals surface area contributed by atoms with E-state index >= 15 is 0 Å². The van der Waals surface area contributed by atoms with Crippen LogP contribution in [-0.4, -0.2) is 20.9 Å². The number of unbranched alkanes of at least 4 members (excludes halogenated alkanes) is 1. The SMILES string of the molecule is O=CCCC=NOS(=O)(=O)c1ccccc1. The van der Waals surface area contributed by atoms with E-state index < -0.39 is 10.1 Å². The number of carbonyl (C=O) groups excluding carboxylic acids is 1. The zero-order valence-electron chi connectivity index (χ0n) is 8.44. The molecular formula is C10H11NO4S. The average Bonchev–Trinajstić information content (AvgIpc) is 2.30. The lowest BCUT2D eigenvalue weighted by molar-refractivity contribution is -0.107. The minimum Gasteiger partial charge on any atom is -0.303 e.